The highest BCUT2D eigenvalue weighted by atomic mass is 16.2. The third-order valence-electron chi connectivity index (χ3n) is 4.20. The fourth-order valence-electron chi connectivity index (χ4n) is 2.47. The van der Waals surface area contributed by atoms with Crippen LogP contribution in [0.25, 0.3) is 0 Å². The van der Waals surface area contributed by atoms with E-state index in [1.807, 2.05) is 55.4 Å². The molecule has 0 heterocycles. The van der Waals surface area contributed by atoms with Gasteiger partial charge in [0.25, 0.3) is 0 Å². The highest BCUT2D eigenvalue weighted by molar-refractivity contribution is 6.43. The maximum Gasteiger partial charge on any atom is 0.314 e. The van der Waals surface area contributed by atoms with E-state index < -0.39 is 11.8 Å². The van der Waals surface area contributed by atoms with E-state index in [0.717, 1.165) is 17.7 Å². The molecule has 25 heavy (non-hydrogen) atoms. The monoisotopic (exact) mass is 339 g/mol. The van der Waals surface area contributed by atoms with E-state index in [1.165, 1.54) is 0 Å². The summed E-state index contributed by atoms with van der Waals surface area (Å²) in [5.41, 5.74) is 3.31. The van der Waals surface area contributed by atoms with Crippen LogP contribution in [0.2, 0.25) is 0 Å². The molecule has 2 amide bonds. The molecule has 5 nitrogen and oxygen atoms in total. The van der Waals surface area contributed by atoms with Gasteiger partial charge in [0, 0.05) is 31.2 Å². The Bertz CT molecular complexity index is 739. The SMILES string of the molecule is CCC(C)c1ccccc1NC(=O)C(=O)Nc1ccc(N(C)C)cc1. The lowest BCUT2D eigenvalue weighted by atomic mass is 9.97. The Hall–Kier alpha value is -2.82. The van der Waals surface area contributed by atoms with Crippen molar-refractivity contribution in [1.82, 2.24) is 0 Å². The zero-order chi connectivity index (χ0) is 18.4. The van der Waals surface area contributed by atoms with E-state index in [-0.39, 0.29) is 0 Å². The lowest BCUT2D eigenvalue weighted by molar-refractivity contribution is -0.133. The molecule has 0 aliphatic heterocycles. The maximum atomic E-state index is 12.2. The van der Waals surface area contributed by atoms with Gasteiger partial charge in [-0.15, -0.1) is 0 Å². The summed E-state index contributed by atoms with van der Waals surface area (Å²) in [6.45, 7) is 4.19. The van der Waals surface area contributed by atoms with E-state index >= 15 is 0 Å². The van der Waals surface area contributed by atoms with Crippen molar-refractivity contribution >= 4 is 28.9 Å². The van der Waals surface area contributed by atoms with Gasteiger partial charge in [0.1, 0.15) is 0 Å². The molecule has 5 heteroatoms. The number of hydrogen-bond donors (Lipinski definition) is 2. The molecule has 0 fully saturated rings. The van der Waals surface area contributed by atoms with Crippen LogP contribution >= 0.6 is 0 Å². The van der Waals surface area contributed by atoms with Crippen LogP contribution in [-0.4, -0.2) is 25.9 Å². The number of benzene rings is 2. The van der Waals surface area contributed by atoms with Crippen LogP contribution in [0.4, 0.5) is 17.1 Å². The fourth-order valence-corrected chi connectivity index (χ4v) is 2.47. The Morgan fingerprint density at radius 3 is 2.16 bits per heavy atom. The highest BCUT2D eigenvalue weighted by Crippen LogP contribution is 2.26. The standard InChI is InChI=1S/C20H25N3O2/c1-5-14(2)17-8-6-7-9-18(17)22-20(25)19(24)21-15-10-12-16(13-11-15)23(3)4/h6-14H,5H2,1-4H3,(H,21,24)(H,22,25). The minimum atomic E-state index is -0.684. The van der Waals surface area contributed by atoms with Gasteiger partial charge in [-0.3, -0.25) is 9.59 Å². The number of carbonyl (C=O) groups excluding carboxylic acids is 2. The van der Waals surface area contributed by atoms with Crippen molar-refractivity contribution < 1.29 is 9.59 Å². The number of carbonyl (C=O) groups is 2. The Labute approximate surface area is 149 Å². The summed E-state index contributed by atoms with van der Waals surface area (Å²) in [4.78, 5) is 26.3. The van der Waals surface area contributed by atoms with Crippen molar-refractivity contribution in [2.75, 3.05) is 29.6 Å². The molecule has 2 aromatic carbocycles. The highest BCUT2D eigenvalue weighted by Gasteiger charge is 2.17. The first kappa shape index (κ1) is 18.5. The number of nitrogens with zero attached hydrogens (tertiary/aromatic N) is 1. The van der Waals surface area contributed by atoms with Crippen molar-refractivity contribution in [2.45, 2.75) is 26.2 Å². The first-order chi connectivity index (χ1) is 11.9. The first-order valence-electron chi connectivity index (χ1n) is 8.41. The predicted octanol–water partition coefficient (Wildman–Crippen LogP) is 3.84. The normalized spacial score (nSPS) is 11.5. The predicted molar refractivity (Wildman–Crippen MR) is 103 cm³/mol. The molecule has 0 bridgehead atoms. The van der Waals surface area contributed by atoms with E-state index in [2.05, 4.69) is 24.5 Å². The summed E-state index contributed by atoms with van der Waals surface area (Å²) in [5.74, 6) is -1.05. The second kappa shape index (κ2) is 8.33. The van der Waals surface area contributed by atoms with Crippen LogP contribution in [-0.2, 0) is 9.59 Å². The zero-order valence-electron chi connectivity index (χ0n) is 15.2. The molecule has 1 unspecified atom stereocenters. The zero-order valence-corrected chi connectivity index (χ0v) is 15.2. The second-order valence-electron chi connectivity index (χ2n) is 6.25. The van der Waals surface area contributed by atoms with Crippen molar-refractivity contribution in [2.24, 2.45) is 0 Å². The van der Waals surface area contributed by atoms with Crippen LogP contribution in [0, 0.1) is 0 Å². The molecular formula is C20H25N3O2. The summed E-state index contributed by atoms with van der Waals surface area (Å²) < 4.78 is 0. The van der Waals surface area contributed by atoms with E-state index in [9.17, 15) is 9.59 Å². The average Bonchev–Trinajstić information content (AvgIpc) is 2.61. The molecule has 0 radical (unpaired) electrons. The number of amides is 2. The van der Waals surface area contributed by atoms with Crippen molar-refractivity contribution in [3.63, 3.8) is 0 Å². The van der Waals surface area contributed by atoms with Gasteiger partial charge in [0.15, 0.2) is 0 Å². The molecule has 0 aliphatic rings. The van der Waals surface area contributed by atoms with E-state index in [1.54, 1.807) is 12.1 Å². The summed E-state index contributed by atoms with van der Waals surface area (Å²) in [6.07, 6.45) is 0.956. The summed E-state index contributed by atoms with van der Waals surface area (Å²) >= 11 is 0. The van der Waals surface area contributed by atoms with Crippen LogP contribution in [0.5, 0.6) is 0 Å². The van der Waals surface area contributed by atoms with Gasteiger partial charge in [-0.25, -0.2) is 0 Å². The Morgan fingerprint density at radius 2 is 1.56 bits per heavy atom. The minimum Gasteiger partial charge on any atom is -0.378 e. The number of rotatable bonds is 5. The molecule has 2 aromatic rings. The molecule has 0 aromatic heterocycles. The molecule has 0 aliphatic carbocycles. The molecule has 2 rings (SSSR count). The maximum absolute atomic E-state index is 12.2. The topological polar surface area (TPSA) is 61.4 Å². The van der Waals surface area contributed by atoms with Gasteiger partial charge in [-0.05, 0) is 48.2 Å². The van der Waals surface area contributed by atoms with Gasteiger partial charge in [-0.2, -0.15) is 0 Å². The number of para-hydroxylation sites is 1. The Balaban J connectivity index is 2.05. The van der Waals surface area contributed by atoms with Crippen LogP contribution in [0.3, 0.4) is 0 Å². The van der Waals surface area contributed by atoms with Crippen molar-refractivity contribution in [3.05, 3.63) is 54.1 Å². The van der Waals surface area contributed by atoms with Gasteiger partial charge < -0.3 is 15.5 Å². The smallest absolute Gasteiger partial charge is 0.314 e. The number of hydrogen-bond acceptors (Lipinski definition) is 3. The average molecular weight is 339 g/mol. The van der Waals surface area contributed by atoms with Crippen molar-refractivity contribution in [1.29, 1.82) is 0 Å². The lowest BCUT2D eigenvalue weighted by Crippen LogP contribution is -2.29. The second-order valence-corrected chi connectivity index (χ2v) is 6.25. The molecule has 0 saturated heterocycles. The Kier molecular flexibility index (Phi) is 6.17. The van der Waals surface area contributed by atoms with Gasteiger partial charge >= 0.3 is 11.8 Å². The number of anilines is 3. The molecule has 0 spiro atoms. The number of nitrogens with one attached hydrogen (secondary N) is 2. The van der Waals surface area contributed by atoms with Gasteiger partial charge in [-0.1, -0.05) is 32.0 Å². The molecule has 132 valence electrons. The molecule has 1 atom stereocenters. The van der Waals surface area contributed by atoms with Crippen LogP contribution in [0.1, 0.15) is 31.7 Å². The largest absolute Gasteiger partial charge is 0.378 e. The quantitative estimate of drug-likeness (QED) is 0.814. The van der Waals surface area contributed by atoms with Crippen LogP contribution < -0.4 is 15.5 Å². The first-order valence-corrected chi connectivity index (χ1v) is 8.41. The third-order valence-corrected chi connectivity index (χ3v) is 4.20. The van der Waals surface area contributed by atoms with E-state index in [0.29, 0.717) is 17.3 Å². The van der Waals surface area contributed by atoms with Crippen LogP contribution in [0.15, 0.2) is 48.5 Å². The summed E-state index contributed by atoms with van der Waals surface area (Å²) in [6, 6.07) is 14.9. The Morgan fingerprint density at radius 1 is 0.960 bits per heavy atom. The molecule has 2 N–H and O–H groups in total. The third kappa shape index (κ3) is 4.83. The lowest BCUT2D eigenvalue weighted by Gasteiger charge is -2.15. The summed E-state index contributed by atoms with van der Waals surface area (Å²) in [7, 11) is 3.88. The van der Waals surface area contributed by atoms with E-state index in [4.69, 9.17) is 0 Å². The minimum absolute atomic E-state index is 0.304. The molecular weight excluding hydrogens is 314 g/mol. The van der Waals surface area contributed by atoms with Gasteiger partial charge in [0.2, 0.25) is 0 Å². The van der Waals surface area contributed by atoms with Crippen molar-refractivity contribution in [3.8, 4) is 0 Å². The summed E-state index contributed by atoms with van der Waals surface area (Å²) in [5, 5.41) is 5.34. The van der Waals surface area contributed by atoms with Gasteiger partial charge in [0.05, 0.1) is 0 Å². The fraction of sp³-hybridized carbons (Fsp3) is 0.300. The molecule has 0 saturated carbocycles.